The van der Waals surface area contributed by atoms with Crippen LogP contribution in [0.15, 0.2) is 205 Å². The molecule has 0 heteroatoms. The topological polar surface area (TPSA) is 0 Å². The van der Waals surface area contributed by atoms with E-state index in [1.807, 2.05) is 0 Å². The van der Waals surface area contributed by atoms with Gasteiger partial charge in [0, 0.05) is 0 Å². The zero-order valence-electron chi connectivity index (χ0n) is 60.0. The van der Waals surface area contributed by atoms with Crippen molar-refractivity contribution in [1.29, 1.82) is 0 Å². The second-order valence-corrected chi connectivity index (χ2v) is 11.0. The van der Waals surface area contributed by atoms with Crippen LogP contribution in [0.3, 0.4) is 0 Å². The molecule has 0 saturated heterocycles. The summed E-state index contributed by atoms with van der Waals surface area (Å²) in [4.78, 5) is 0. The Morgan fingerprint density at radius 3 is 1.42 bits per heavy atom. The van der Waals surface area contributed by atoms with Crippen molar-refractivity contribution in [2.45, 2.75) is 0 Å². The average Bonchev–Trinajstić information content (AvgIpc) is 0.698. The minimum absolute atomic E-state index is 0.713. The van der Waals surface area contributed by atoms with E-state index in [0.29, 0.717) is 0 Å². The summed E-state index contributed by atoms with van der Waals surface area (Å²) in [7, 11) is 0. The van der Waals surface area contributed by atoms with Crippen LogP contribution in [-0.4, -0.2) is 0 Å². The largest absolute Gasteiger partial charge is 0.0636 e. The molecule has 0 aliphatic carbocycles. The van der Waals surface area contributed by atoms with Crippen LogP contribution in [0.5, 0.6) is 0 Å². The molecule has 0 radical (unpaired) electrons. The average molecular weight is 693 g/mol. The molecule has 242 valence electrons. The third-order valence-electron chi connectivity index (χ3n) is 8.06. The van der Waals surface area contributed by atoms with Crippen LogP contribution in [0.25, 0.3) is 98.7 Å². The van der Waals surface area contributed by atoms with Crippen molar-refractivity contribution in [3.63, 3.8) is 0 Å². The second kappa shape index (κ2) is 12.5. The first kappa shape index (κ1) is 11.4. The monoisotopic (exact) mass is 692 g/mol. The lowest BCUT2D eigenvalue weighted by Gasteiger charge is -2.20. The van der Waals surface area contributed by atoms with E-state index in [0.717, 1.165) is 0 Å². The molecule has 0 aliphatic rings. The van der Waals surface area contributed by atoms with Crippen molar-refractivity contribution in [2.75, 3.05) is 0 Å². The molecule has 10 aromatic carbocycles. The molecule has 0 amide bonds. The van der Waals surface area contributed by atoms with E-state index in [9.17, 15) is 16.4 Å². The highest BCUT2D eigenvalue weighted by atomic mass is 14.2. The van der Waals surface area contributed by atoms with Gasteiger partial charge in [-0.3, -0.25) is 0 Å². The quantitative estimate of drug-likeness (QED) is 0.158. The summed E-state index contributed by atoms with van der Waals surface area (Å²) in [6.45, 7) is 0. The maximum atomic E-state index is 10.4. The third-order valence-corrected chi connectivity index (χ3v) is 8.06. The van der Waals surface area contributed by atoms with Crippen molar-refractivity contribution in [2.24, 2.45) is 0 Å². The number of benzene rings is 10. The number of fused-ring (bicyclic) bond motifs is 4. The molecule has 0 bridgehead atoms. The van der Waals surface area contributed by atoms with Crippen LogP contribution >= 0.6 is 0 Å². The Morgan fingerprint density at radius 2 is 0.731 bits per heavy atom. The first-order chi connectivity index (χ1) is 40.0. The molecule has 0 aromatic heterocycles. The van der Waals surface area contributed by atoms with E-state index >= 15 is 0 Å². The Labute approximate surface area is 351 Å². The molecule has 10 aromatic rings. The maximum absolute atomic E-state index is 10.4. The van der Waals surface area contributed by atoms with Crippen molar-refractivity contribution >= 4 is 43.1 Å². The molecule has 0 aliphatic heterocycles. The lowest BCUT2D eigenvalue weighted by atomic mass is 9.83. The Bertz CT molecular complexity index is 4750. The van der Waals surface area contributed by atoms with Gasteiger partial charge < -0.3 is 0 Å². The SMILES string of the molecule is [2H]c1c([2H])c([2H])c(-c2c([2H])c(-c3c([2H])c([2H])c([2H])c([2H])c3[2H])c([2H])c(-c3c4c([2H])c([2H])c([2H])c([2H])c4c(-c4c([2H])c([2H])c5c([2H])c([2H])c([2H])c([2H])c5c4[2H])c4c([2H])c(-c5c([2H])c([2H])c([2H])c6c([2H])c([2H])c([2H])c([2H])c56)c([2H])c([2H])c34)c2[2H])c([2H])c1[2H]. The minimum Gasteiger partial charge on any atom is -0.0622 e. The van der Waals surface area contributed by atoms with Gasteiger partial charge in [0.15, 0.2) is 0 Å². The fraction of sp³-hybridized carbons (Fsp3) is 0. The molecule has 0 saturated carbocycles. The fourth-order valence-electron chi connectivity index (χ4n) is 5.84. The summed E-state index contributed by atoms with van der Waals surface area (Å²) >= 11 is 0. The molecule has 0 fully saturated rings. The van der Waals surface area contributed by atoms with Crippen LogP contribution in [0, 0.1) is 0 Å². The number of rotatable bonds is 5. The summed E-state index contributed by atoms with van der Waals surface area (Å²) < 4.78 is 311. The highest BCUT2D eigenvalue weighted by Crippen LogP contribution is 2.47. The standard InChI is InChI=1S/C52H34/c1-3-14-35(15-4-1)42-31-43(36-16-5-2-6-17-36)33-44(32-42)52-48-24-12-11-23-47(48)51(41-27-26-37-18-7-8-20-39(37)30-41)50-34-40(28-29-49(50)52)46-25-13-21-38-19-9-10-22-45(38)46/h1-34H/i1D,2D,3D,4D,5D,6D,7D,8D,9D,10D,11D,12D,13D,14D,15D,16D,17D,18D,19D,20D,21D,22D,23D,24D,25D,26D,27D,28D,29D,30D,31D,32D,33D,34D. The van der Waals surface area contributed by atoms with E-state index in [4.69, 9.17) is 30.2 Å². The van der Waals surface area contributed by atoms with Gasteiger partial charge in [-0.05, 0) is 129 Å². The zero-order chi connectivity index (χ0) is 64.0. The van der Waals surface area contributed by atoms with Crippen LogP contribution < -0.4 is 0 Å². The summed E-state index contributed by atoms with van der Waals surface area (Å²) in [6, 6.07) is -37.1. The van der Waals surface area contributed by atoms with Crippen LogP contribution in [0.4, 0.5) is 0 Å². The molecule has 52 heavy (non-hydrogen) atoms. The van der Waals surface area contributed by atoms with Gasteiger partial charge in [-0.1, -0.05) is 175 Å². The molecule has 10 rings (SSSR count). The minimum atomic E-state index is -1.29. The van der Waals surface area contributed by atoms with Gasteiger partial charge in [-0.2, -0.15) is 0 Å². The van der Waals surface area contributed by atoms with Crippen molar-refractivity contribution < 1.29 is 46.6 Å². The fourth-order valence-corrected chi connectivity index (χ4v) is 5.84. The van der Waals surface area contributed by atoms with Crippen LogP contribution in [-0.2, 0) is 0 Å². The van der Waals surface area contributed by atoms with E-state index < -0.39 is 304 Å². The second-order valence-electron chi connectivity index (χ2n) is 11.0. The summed E-state index contributed by atoms with van der Waals surface area (Å²) in [5.41, 5.74) is -10.2. The number of hydrogen-bond acceptors (Lipinski definition) is 0. The number of hydrogen-bond donors (Lipinski definition) is 0. The lowest BCUT2D eigenvalue weighted by molar-refractivity contribution is 1.58. The maximum Gasteiger partial charge on any atom is 0.0636 e. The normalized spacial score (nSPS) is 20.6. The summed E-state index contributed by atoms with van der Waals surface area (Å²) in [6.07, 6.45) is 0. The smallest absolute Gasteiger partial charge is 0.0622 e. The van der Waals surface area contributed by atoms with Gasteiger partial charge in [0.25, 0.3) is 0 Å². The molecule has 0 atom stereocenters. The molecule has 0 nitrogen and oxygen atoms in total. The highest BCUT2D eigenvalue weighted by Gasteiger charge is 2.19. The molecule has 0 heterocycles. The van der Waals surface area contributed by atoms with Gasteiger partial charge in [0.2, 0.25) is 0 Å². The Balaban J connectivity index is 1.64. The summed E-state index contributed by atoms with van der Waals surface area (Å²) in [5, 5.41) is -7.01. The predicted octanol–water partition coefficient (Wildman–Crippen LogP) is 14.6. The van der Waals surface area contributed by atoms with E-state index in [-0.39, 0.29) is 0 Å². The van der Waals surface area contributed by atoms with E-state index in [1.165, 1.54) is 0 Å². The van der Waals surface area contributed by atoms with Gasteiger partial charge in [-0.15, -0.1) is 0 Å². The zero-order valence-corrected chi connectivity index (χ0v) is 26.0. The van der Waals surface area contributed by atoms with Crippen molar-refractivity contribution in [3.05, 3.63) is 205 Å². The van der Waals surface area contributed by atoms with E-state index in [1.54, 1.807) is 0 Å². The Kier molecular flexibility index (Phi) is 2.74. The van der Waals surface area contributed by atoms with Crippen LogP contribution in [0.2, 0.25) is 0 Å². The van der Waals surface area contributed by atoms with Crippen LogP contribution in [0.1, 0.15) is 46.6 Å². The molecule has 0 spiro atoms. The van der Waals surface area contributed by atoms with Crippen molar-refractivity contribution in [3.8, 4) is 55.6 Å². The van der Waals surface area contributed by atoms with Crippen molar-refractivity contribution in [1.82, 2.24) is 0 Å². The van der Waals surface area contributed by atoms with Gasteiger partial charge in [0.05, 0.1) is 46.6 Å². The first-order valence-electron chi connectivity index (χ1n) is 32.2. The molecule has 0 N–H and O–H groups in total. The van der Waals surface area contributed by atoms with Gasteiger partial charge >= 0.3 is 0 Å². The third kappa shape index (κ3) is 5.16. The van der Waals surface area contributed by atoms with Gasteiger partial charge in [-0.25, -0.2) is 0 Å². The lowest BCUT2D eigenvalue weighted by Crippen LogP contribution is -1.93. The molecule has 0 unspecified atom stereocenters. The molecular formula is C52H34. The predicted molar refractivity (Wildman–Crippen MR) is 224 cm³/mol. The first-order valence-corrected chi connectivity index (χ1v) is 15.2. The summed E-state index contributed by atoms with van der Waals surface area (Å²) in [5.74, 6) is 0. The van der Waals surface area contributed by atoms with E-state index in [2.05, 4.69) is 0 Å². The molecular weight excluding hydrogens is 625 g/mol. The van der Waals surface area contributed by atoms with Gasteiger partial charge in [0.1, 0.15) is 0 Å². The highest BCUT2D eigenvalue weighted by molar-refractivity contribution is 6.22. The Morgan fingerprint density at radius 1 is 0.231 bits per heavy atom. The Hall–Kier alpha value is -6.76.